The lowest BCUT2D eigenvalue weighted by Crippen LogP contribution is -2.37. The molecular formula is C19H25N5O. The molecule has 0 spiro atoms. The van der Waals surface area contributed by atoms with Gasteiger partial charge in [0.1, 0.15) is 17.8 Å². The van der Waals surface area contributed by atoms with Crippen LogP contribution in [0.1, 0.15) is 44.2 Å². The highest BCUT2D eigenvalue weighted by molar-refractivity contribution is 5.77. The van der Waals surface area contributed by atoms with E-state index in [9.17, 15) is 0 Å². The van der Waals surface area contributed by atoms with Gasteiger partial charge in [0.25, 0.3) is 0 Å². The van der Waals surface area contributed by atoms with Crippen LogP contribution in [0.5, 0.6) is 5.75 Å². The Labute approximate surface area is 148 Å². The van der Waals surface area contributed by atoms with E-state index in [2.05, 4.69) is 32.8 Å². The minimum absolute atomic E-state index is 0.198. The monoisotopic (exact) mass is 339 g/mol. The van der Waals surface area contributed by atoms with Crippen LogP contribution in [0.25, 0.3) is 0 Å². The predicted molar refractivity (Wildman–Crippen MR) is 99.5 cm³/mol. The molecule has 1 aromatic carbocycles. The summed E-state index contributed by atoms with van der Waals surface area (Å²) in [5, 5.41) is 10.6. The van der Waals surface area contributed by atoms with E-state index in [1.54, 1.807) is 6.33 Å². The van der Waals surface area contributed by atoms with Gasteiger partial charge in [-0.15, -0.1) is 0 Å². The van der Waals surface area contributed by atoms with Crippen molar-refractivity contribution in [3.05, 3.63) is 36.3 Å². The zero-order chi connectivity index (χ0) is 17.1. The number of para-hydroxylation sites is 2. The SMILES string of the molecule is CC1c2ncnc3c2NC1NCCCCCCOc1ccccc1N3. The van der Waals surface area contributed by atoms with Crippen LogP contribution in [-0.4, -0.2) is 29.3 Å². The van der Waals surface area contributed by atoms with E-state index in [4.69, 9.17) is 4.74 Å². The van der Waals surface area contributed by atoms with E-state index in [-0.39, 0.29) is 6.17 Å². The standard InChI is InChI=1S/C19H25N5O/c1-13-16-17-19(22-12-21-16)23-14-8-4-5-9-15(14)25-11-7-3-2-6-10-20-18(13)24-17/h4-5,8-9,12-13,18,20,24H,2-3,6-7,10-11H2,1H3,(H,21,22,23). The fraction of sp³-hybridized carbons (Fsp3) is 0.474. The molecule has 0 amide bonds. The van der Waals surface area contributed by atoms with Gasteiger partial charge < -0.3 is 15.4 Å². The number of rotatable bonds is 0. The van der Waals surface area contributed by atoms with E-state index in [1.807, 2.05) is 24.3 Å². The van der Waals surface area contributed by atoms with Gasteiger partial charge in [0.15, 0.2) is 5.82 Å². The molecule has 3 heterocycles. The molecule has 2 aromatic rings. The van der Waals surface area contributed by atoms with Crippen molar-refractivity contribution in [2.75, 3.05) is 23.8 Å². The normalized spacial score (nSPS) is 23.2. The van der Waals surface area contributed by atoms with E-state index < -0.39 is 0 Å². The molecule has 2 unspecified atom stereocenters. The van der Waals surface area contributed by atoms with Crippen LogP contribution in [0.3, 0.4) is 0 Å². The number of aromatic nitrogens is 2. The highest BCUT2D eigenvalue weighted by Gasteiger charge is 2.32. The number of anilines is 3. The molecule has 0 radical (unpaired) electrons. The maximum atomic E-state index is 6.00. The maximum absolute atomic E-state index is 6.00. The molecule has 2 bridgehead atoms. The first-order valence-corrected chi connectivity index (χ1v) is 9.16. The summed E-state index contributed by atoms with van der Waals surface area (Å²) in [4.78, 5) is 8.97. The van der Waals surface area contributed by atoms with Gasteiger partial charge in [-0.3, -0.25) is 5.32 Å². The van der Waals surface area contributed by atoms with Crippen molar-refractivity contribution < 1.29 is 4.74 Å². The van der Waals surface area contributed by atoms with Crippen molar-refractivity contribution in [3.63, 3.8) is 0 Å². The second-order valence-electron chi connectivity index (χ2n) is 6.73. The minimum atomic E-state index is 0.198. The summed E-state index contributed by atoms with van der Waals surface area (Å²) in [5.74, 6) is 1.97. The summed E-state index contributed by atoms with van der Waals surface area (Å²) in [6.07, 6.45) is 6.49. The Morgan fingerprint density at radius 2 is 1.96 bits per heavy atom. The fourth-order valence-electron chi connectivity index (χ4n) is 3.49. The van der Waals surface area contributed by atoms with Gasteiger partial charge in [0.2, 0.25) is 0 Å². The van der Waals surface area contributed by atoms with Gasteiger partial charge in [-0.2, -0.15) is 0 Å². The number of nitrogens with zero attached hydrogens (tertiary/aromatic N) is 2. The molecular weight excluding hydrogens is 314 g/mol. The number of hydrogen-bond donors (Lipinski definition) is 3. The molecule has 0 aliphatic carbocycles. The minimum Gasteiger partial charge on any atom is -0.491 e. The van der Waals surface area contributed by atoms with Crippen molar-refractivity contribution in [1.82, 2.24) is 15.3 Å². The van der Waals surface area contributed by atoms with Crippen LogP contribution in [0, 0.1) is 0 Å². The van der Waals surface area contributed by atoms with Crippen molar-refractivity contribution in [2.45, 2.75) is 44.7 Å². The number of benzene rings is 1. The average Bonchev–Trinajstić information content (AvgIpc) is 2.95. The Bertz CT molecular complexity index is 736. The number of nitrogens with one attached hydrogen (secondary N) is 3. The van der Waals surface area contributed by atoms with Gasteiger partial charge in [-0.25, -0.2) is 9.97 Å². The first kappa shape index (κ1) is 16.1. The van der Waals surface area contributed by atoms with Crippen molar-refractivity contribution in [3.8, 4) is 5.75 Å². The third kappa shape index (κ3) is 3.39. The molecule has 6 heteroatoms. The predicted octanol–water partition coefficient (Wildman–Crippen LogP) is 3.62. The van der Waals surface area contributed by atoms with Crippen LogP contribution >= 0.6 is 0 Å². The van der Waals surface area contributed by atoms with E-state index in [0.29, 0.717) is 5.92 Å². The summed E-state index contributed by atoms with van der Waals surface area (Å²) in [5.41, 5.74) is 2.97. The zero-order valence-electron chi connectivity index (χ0n) is 14.6. The van der Waals surface area contributed by atoms with Crippen LogP contribution in [0.4, 0.5) is 17.2 Å². The third-order valence-electron chi connectivity index (χ3n) is 4.94. The van der Waals surface area contributed by atoms with Crippen molar-refractivity contribution in [2.24, 2.45) is 0 Å². The molecule has 3 N–H and O–H groups in total. The van der Waals surface area contributed by atoms with Gasteiger partial charge in [0, 0.05) is 5.92 Å². The quantitative estimate of drug-likeness (QED) is 0.681. The van der Waals surface area contributed by atoms with Crippen LogP contribution < -0.4 is 20.7 Å². The Hall–Kier alpha value is -2.34. The summed E-state index contributed by atoms with van der Waals surface area (Å²) in [7, 11) is 0. The third-order valence-corrected chi connectivity index (χ3v) is 4.94. The molecule has 0 saturated carbocycles. The molecule has 2 aliphatic rings. The van der Waals surface area contributed by atoms with Crippen molar-refractivity contribution >= 4 is 17.2 Å². The lowest BCUT2D eigenvalue weighted by Gasteiger charge is -2.18. The van der Waals surface area contributed by atoms with Gasteiger partial charge in [-0.05, 0) is 31.5 Å². The van der Waals surface area contributed by atoms with Crippen LogP contribution in [0.15, 0.2) is 30.6 Å². The summed E-state index contributed by atoms with van der Waals surface area (Å²) < 4.78 is 6.00. The Kier molecular flexibility index (Phi) is 4.70. The molecule has 0 fully saturated rings. The van der Waals surface area contributed by atoms with E-state index in [0.717, 1.165) is 48.2 Å². The smallest absolute Gasteiger partial charge is 0.157 e. The van der Waals surface area contributed by atoms with Crippen molar-refractivity contribution in [1.29, 1.82) is 0 Å². The molecule has 0 saturated heterocycles. The summed E-state index contributed by atoms with van der Waals surface area (Å²) in [6.45, 7) is 3.95. The molecule has 2 atom stereocenters. The van der Waals surface area contributed by atoms with Gasteiger partial charge in [-0.1, -0.05) is 31.9 Å². The first-order valence-electron chi connectivity index (χ1n) is 9.16. The summed E-state index contributed by atoms with van der Waals surface area (Å²) in [6, 6.07) is 8.03. The Morgan fingerprint density at radius 1 is 1.08 bits per heavy atom. The molecule has 1 aromatic heterocycles. The number of hydrogen-bond acceptors (Lipinski definition) is 6. The lowest BCUT2D eigenvalue weighted by atomic mass is 10.1. The maximum Gasteiger partial charge on any atom is 0.157 e. The Balaban J connectivity index is 1.67. The molecule has 25 heavy (non-hydrogen) atoms. The lowest BCUT2D eigenvalue weighted by molar-refractivity contribution is 0.305. The fourth-order valence-corrected chi connectivity index (χ4v) is 3.49. The number of fused-ring (bicyclic) bond motifs is 2. The highest BCUT2D eigenvalue weighted by Crippen LogP contribution is 2.39. The van der Waals surface area contributed by atoms with Gasteiger partial charge >= 0.3 is 0 Å². The topological polar surface area (TPSA) is 71.1 Å². The van der Waals surface area contributed by atoms with Gasteiger partial charge in [0.05, 0.1) is 24.2 Å². The average molecular weight is 339 g/mol. The largest absolute Gasteiger partial charge is 0.491 e. The highest BCUT2D eigenvalue weighted by atomic mass is 16.5. The second-order valence-corrected chi connectivity index (χ2v) is 6.73. The van der Waals surface area contributed by atoms with E-state index in [1.165, 1.54) is 19.3 Å². The van der Waals surface area contributed by atoms with E-state index >= 15 is 0 Å². The Morgan fingerprint density at radius 3 is 2.92 bits per heavy atom. The first-order chi connectivity index (χ1) is 12.3. The molecule has 2 aliphatic heterocycles. The zero-order valence-corrected chi connectivity index (χ0v) is 14.6. The second kappa shape index (κ2) is 7.27. The molecule has 6 nitrogen and oxygen atoms in total. The van der Waals surface area contributed by atoms with Crippen LogP contribution in [0.2, 0.25) is 0 Å². The number of ether oxygens (including phenoxy) is 1. The molecule has 4 rings (SSSR count). The summed E-state index contributed by atoms with van der Waals surface area (Å²) >= 11 is 0. The van der Waals surface area contributed by atoms with Crippen LogP contribution in [-0.2, 0) is 0 Å². The molecule has 132 valence electrons.